The second-order valence-electron chi connectivity index (χ2n) is 7.57. The highest BCUT2D eigenvalue weighted by Crippen LogP contribution is 2.39. The molecule has 1 amide bonds. The van der Waals surface area contributed by atoms with Gasteiger partial charge in [-0.1, -0.05) is 17.7 Å². The summed E-state index contributed by atoms with van der Waals surface area (Å²) in [5.74, 6) is -0.189. The second kappa shape index (κ2) is 8.23. The van der Waals surface area contributed by atoms with E-state index in [0.717, 1.165) is 24.3 Å². The molecular formula is C23H16ClFN4O4S. The van der Waals surface area contributed by atoms with E-state index in [4.69, 9.17) is 16.3 Å². The molecule has 0 saturated carbocycles. The van der Waals surface area contributed by atoms with Crippen LogP contribution in [-0.2, 0) is 14.8 Å². The number of nitrogens with one attached hydrogen (secondary N) is 1. The van der Waals surface area contributed by atoms with Crippen molar-refractivity contribution >= 4 is 49.8 Å². The molecule has 0 fully saturated rings. The SMILES string of the molecule is CN1C(=O)COc2c1cnc1ccc(-c3cnc(Cl)c(NS(=O)(=O)c4ccc(F)cc4)c3)cc21. The molecule has 0 saturated heterocycles. The zero-order valence-electron chi connectivity index (χ0n) is 17.6. The lowest BCUT2D eigenvalue weighted by Gasteiger charge is -2.26. The summed E-state index contributed by atoms with van der Waals surface area (Å²) in [4.78, 5) is 21.9. The lowest BCUT2D eigenvalue weighted by atomic mass is 10.0. The zero-order chi connectivity index (χ0) is 24.0. The van der Waals surface area contributed by atoms with Crippen LogP contribution in [0.3, 0.4) is 0 Å². The summed E-state index contributed by atoms with van der Waals surface area (Å²) in [6.45, 7) is -0.0787. The van der Waals surface area contributed by atoms with Gasteiger partial charge in [0.2, 0.25) is 0 Å². The van der Waals surface area contributed by atoms with Gasteiger partial charge in [0.05, 0.1) is 22.3 Å². The molecule has 1 aliphatic heterocycles. The number of anilines is 2. The topological polar surface area (TPSA) is 101 Å². The van der Waals surface area contributed by atoms with E-state index < -0.39 is 15.8 Å². The van der Waals surface area contributed by atoms with E-state index in [2.05, 4.69) is 14.7 Å². The lowest BCUT2D eigenvalue weighted by Crippen LogP contribution is -2.35. The van der Waals surface area contributed by atoms with Gasteiger partial charge in [0, 0.05) is 24.2 Å². The van der Waals surface area contributed by atoms with E-state index in [9.17, 15) is 17.6 Å². The van der Waals surface area contributed by atoms with Crippen LogP contribution in [0.15, 0.2) is 65.8 Å². The van der Waals surface area contributed by atoms with Crippen LogP contribution >= 0.6 is 11.6 Å². The van der Waals surface area contributed by atoms with Crippen molar-refractivity contribution in [2.75, 3.05) is 23.3 Å². The van der Waals surface area contributed by atoms with Crippen LogP contribution < -0.4 is 14.4 Å². The first-order valence-corrected chi connectivity index (χ1v) is 11.9. The summed E-state index contributed by atoms with van der Waals surface area (Å²) in [6.07, 6.45) is 3.10. The van der Waals surface area contributed by atoms with Crippen molar-refractivity contribution in [3.8, 4) is 16.9 Å². The molecule has 34 heavy (non-hydrogen) atoms. The van der Waals surface area contributed by atoms with Crippen molar-refractivity contribution in [2.24, 2.45) is 0 Å². The van der Waals surface area contributed by atoms with E-state index in [1.54, 1.807) is 25.4 Å². The van der Waals surface area contributed by atoms with Crippen molar-refractivity contribution < 1.29 is 22.3 Å². The average molecular weight is 499 g/mol. The Morgan fingerprint density at radius 1 is 1.06 bits per heavy atom. The Hall–Kier alpha value is -3.76. The highest BCUT2D eigenvalue weighted by atomic mass is 35.5. The maximum atomic E-state index is 13.2. The van der Waals surface area contributed by atoms with Gasteiger partial charge in [-0.15, -0.1) is 0 Å². The highest BCUT2D eigenvalue weighted by Gasteiger charge is 2.25. The predicted molar refractivity (Wildman–Crippen MR) is 126 cm³/mol. The monoisotopic (exact) mass is 498 g/mol. The molecule has 0 unspecified atom stereocenters. The summed E-state index contributed by atoms with van der Waals surface area (Å²) < 4.78 is 46.7. The van der Waals surface area contributed by atoms with Crippen molar-refractivity contribution in [2.45, 2.75) is 4.90 Å². The molecule has 3 heterocycles. The maximum Gasteiger partial charge on any atom is 0.264 e. The molecule has 2 aromatic heterocycles. The Balaban J connectivity index is 1.55. The number of rotatable bonds is 4. The number of likely N-dealkylation sites (N-methyl/N-ethyl adjacent to an activating group) is 1. The lowest BCUT2D eigenvalue weighted by molar-refractivity contribution is -0.120. The number of nitrogens with zero attached hydrogens (tertiary/aromatic N) is 3. The number of carbonyl (C=O) groups is 1. The molecule has 8 nitrogen and oxygen atoms in total. The summed E-state index contributed by atoms with van der Waals surface area (Å²) in [7, 11) is -2.36. The van der Waals surface area contributed by atoms with Gasteiger partial charge in [0.15, 0.2) is 17.5 Å². The maximum absolute atomic E-state index is 13.2. The van der Waals surface area contributed by atoms with Crippen LogP contribution in [0.4, 0.5) is 15.8 Å². The van der Waals surface area contributed by atoms with Crippen LogP contribution in [0, 0.1) is 5.82 Å². The van der Waals surface area contributed by atoms with E-state index in [0.29, 0.717) is 33.5 Å². The van der Waals surface area contributed by atoms with Gasteiger partial charge >= 0.3 is 0 Å². The van der Waals surface area contributed by atoms with Crippen LogP contribution in [0.1, 0.15) is 0 Å². The number of hydrogen-bond donors (Lipinski definition) is 1. The first-order chi connectivity index (χ1) is 16.2. The van der Waals surface area contributed by atoms with Crippen LogP contribution in [-0.4, -0.2) is 37.9 Å². The Labute approximate surface area is 199 Å². The van der Waals surface area contributed by atoms with Crippen molar-refractivity contribution in [1.82, 2.24) is 9.97 Å². The van der Waals surface area contributed by atoms with Gasteiger partial charge in [-0.05, 0) is 48.0 Å². The largest absolute Gasteiger partial charge is 0.481 e. The number of halogens is 2. The van der Waals surface area contributed by atoms with Gasteiger partial charge in [-0.3, -0.25) is 14.5 Å². The standard InChI is InChI=1S/C23H16ClFN4O4S/c1-29-20-11-26-18-7-2-13(8-17(18)22(20)33-12-21(29)30)14-9-19(23(24)27-10-14)28-34(31,32)16-5-3-15(25)4-6-16/h2-11,28H,12H2,1H3. The number of pyridine rings is 2. The summed E-state index contributed by atoms with van der Waals surface area (Å²) >= 11 is 6.16. The van der Waals surface area contributed by atoms with E-state index >= 15 is 0 Å². The van der Waals surface area contributed by atoms with Crippen LogP contribution in [0.2, 0.25) is 5.15 Å². The van der Waals surface area contributed by atoms with Gasteiger partial charge in [0.1, 0.15) is 11.5 Å². The molecule has 1 N–H and O–H groups in total. The summed E-state index contributed by atoms with van der Waals surface area (Å²) in [5, 5.41) is 0.649. The second-order valence-corrected chi connectivity index (χ2v) is 9.61. The van der Waals surface area contributed by atoms with Gasteiger partial charge in [-0.2, -0.15) is 0 Å². The zero-order valence-corrected chi connectivity index (χ0v) is 19.2. The molecule has 5 rings (SSSR count). The molecule has 1 aliphatic rings. The number of aromatic nitrogens is 2. The number of ether oxygens (including phenoxy) is 1. The minimum Gasteiger partial charge on any atom is -0.481 e. The smallest absolute Gasteiger partial charge is 0.264 e. The van der Waals surface area contributed by atoms with E-state index in [1.807, 2.05) is 12.1 Å². The van der Waals surface area contributed by atoms with Crippen molar-refractivity contribution in [3.63, 3.8) is 0 Å². The Kier molecular flexibility index (Phi) is 5.34. The molecule has 0 bridgehead atoms. The van der Waals surface area contributed by atoms with Crippen LogP contribution in [0.5, 0.6) is 5.75 Å². The number of sulfonamides is 1. The Morgan fingerprint density at radius 2 is 1.82 bits per heavy atom. The summed E-state index contributed by atoms with van der Waals surface area (Å²) in [6, 6.07) is 11.4. The molecule has 0 atom stereocenters. The Bertz CT molecular complexity index is 1560. The number of hydrogen-bond acceptors (Lipinski definition) is 6. The molecule has 0 aliphatic carbocycles. The number of carbonyl (C=O) groups excluding carboxylic acids is 1. The molecule has 2 aromatic carbocycles. The molecule has 4 aromatic rings. The molecule has 172 valence electrons. The molecular weight excluding hydrogens is 483 g/mol. The molecule has 11 heteroatoms. The third-order valence-corrected chi connectivity index (χ3v) is 7.10. The predicted octanol–water partition coefficient (Wildman–Crippen LogP) is 4.25. The minimum atomic E-state index is -4.02. The Morgan fingerprint density at radius 3 is 2.59 bits per heavy atom. The first kappa shape index (κ1) is 22.1. The number of amides is 1. The fraction of sp³-hybridized carbons (Fsp3) is 0.0870. The van der Waals surface area contributed by atoms with E-state index in [-0.39, 0.29) is 28.3 Å². The third kappa shape index (κ3) is 3.91. The fourth-order valence-electron chi connectivity index (χ4n) is 3.59. The molecule has 0 spiro atoms. The normalized spacial score (nSPS) is 13.5. The molecule has 0 radical (unpaired) electrons. The first-order valence-electron chi connectivity index (χ1n) is 9.99. The highest BCUT2D eigenvalue weighted by molar-refractivity contribution is 7.92. The third-order valence-electron chi connectivity index (χ3n) is 5.42. The van der Waals surface area contributed by atoms with Crippen LogP contribution in [0.25, 0.3) is 22.0 Å². The van der Waals surface area contributed by atoms with Gasteiger partial charge in [-0.25, -0.2) is 17.8 Å². The summed E-state index contributed by atoms with van der Waals surface area (Å²) in [5.41, 5.74) is 2.59. The minimum absolute atomic E-state index is 0.0438. The van der Waals surface area contributed by atoms with Gasteiger partial charge in [0.25, 0.3) is 15.9 Å². The number of fused-ring (bicyclic) bond motifs is 3. The number of benzene rings is 2. The van der Waals surface area contributed by atoms with Crippen molar-refractivity contribution in [3.05, 3.63) is 71.9 Å². The van der Waals surface area contributed by atoms with E-state index in [1.165, 1.54) is 11.1 Å². The van der Waals surface area contributed by atoms with Crippen molar-refractivity contribution in [1.29, 1.82) is 0 Å². The van der Waals surface area contributed by atoms with Gasteiger partial charge < -0.3 is 9.64 Å². The fourth-order valence-corrected chi connectivity index (χ4v) is 4.85. The average Bonchev–Trinajstić information content (AvgIpc) is 2.82. The quantitative estimate of drug-likeness (QED) is 0.422.